The van der Waals surface area contributed by atoms with Crippen LogP contribution in [0.3, 0.4) is 0 Å². The second-order valence-corrected chi connectivity index (χ2v) is 5.44. The van der Waals surface area contributed by atoms with Crippen LogP contribution in [0.5, 0.6) is 11.6 Å². The van der Waals surface area contributed by atoms with Crippen LogP contribution in [0.1, 0.15) is 12.6 Å². The molecule has 0 atom stereocenters. The third-order valence-corrected chi connectivity index (χ3v) is 3.39. The van der Waals surface area contributed by atoms with Gasteiger partial charge < -0.3 is 15.0 Å². The van der Waals surface area contributed by atoms with Gasteiger partial charge in [-0.3, -0.25) is 0 Å². The number of benzene rings is 1. The maximum Gasteiger partial charge on any atom is 0.222 e. The molecule has 0 spiro atoms. The molecular weight excluding hydrogens is 306 g/mol. The Morgan fingerprint density at radius 1 is 1.29 bits per heavy atom. The molecule has 0 bridgehead atoms. The molecule has 3 rings (SSSR count). The molecule has 0 saturated carbocycles. The van der Waals surface area contributed by atoms with Crippen LogP contribution in [-0.2, 0) is 13.6 Å². The average molecular weight is 325 g/mol. The van der Waals surface area contributed by atoms with Crippen molar-refractivity contribution in [3.63, 3.8) is 0 Å². The van der Waals surface area contributed by atoms with Gasteiger partial charge in [-0.25, -0.2) is 20.9 Å². The van der Waals surface area contributed by atoms with Gasteiger partial charge >= 0.3 is 0 Å². The number of rotatable bonds is 5. The third kappa shape index (κ3) is 3.61. The summed E-state index contributed by atoms with van der Waals surface area (Å²) in [4.78, 5) is 8.29. The van der Waals surface area contributed by atoms with E-state index in [9.17, 15) is 0 Å². The van der Waals surface area contributed by atoms with E-state index < -0.39 is 0 Å². The molecule has 0 saturated heterocycles. The standard InChI is InChI=1S/C16H19N7O/c1-11(17)21-23(18)9-13-8-16(20-10-19-13)24-14-3-4-15-12(7-14)5-6-22(15)2/h3-8,10H,9,18H2,1-2H3,(H2,17,21). The fourth-order valence-electron chi connectivity index (χ4n) is 2.37. The molecule has 8 nitrogen and oxygen atoms in total. The molecule has 0 radical (unpaired) electrons. The topological polar surface area (TPSA) is 108 Å². The van der Waals surface area contributed by atoms with Crippen LogP contribution in [0.25, 0.3) is 10.9 Å². The highest BCUT2D eigenvalue weighted by Crippen LogP contribution is 2.25. The minimum atomic E-state index is 0.297. The van der Waals surface area contributed by atoms with Crippen LogP contribution < -0.4 is 16.3 Å². The van der Waals surface area contributed by atoms with Crippen LogP contribution in [0.2, 0.25) is 0 Å². The number of nitrogens with zero attached hydrogens (tertiary/aromatic N) is 5. The molecule has 0 amide bonds. The highest BCUT2D eigenvalue weighted by Gasteiger charge is 2.06. The van der Waals surface area contributed by atoms with Crippen molar-refractivity contribution in [1.29, 1.82) is 0 Å². The number of ether oxygens (including phenoxy) is 1. The van der Waals surface area contributed by atoms with E-state index in [0.717, 1.165) is 10.9 Å². The summed E-state index contributed by atoms with van der Waals surface area (Å²) < 4.78 is 7.87. The lowest BCUT2D eigenvalue weighted by molar-refractivity contribution is 0.285. The minimum absolute atomic E-state index is 0.297. The van der Waals surface area contributed by atoms with Crippen molar-refractivity contribution >= 4 is 16.7 Å². The maximum atomic E-state index is 5.82. The van der Waals surface area contributed by atoms with E-state index in [-0.39, 0.29) is 0 Å². The molecule has 4 N–H and O–H groups in total. The first-order valence-corrected chi connectivity index (χ1v) is 7.38. The van der Waals surface area contributed by atoms with E-state index in [1.165, 1.54) is 11.4 Å². The first kappa shape index (κ1) is 15.8. The Morgan fingerprint density at radius 2 is 2.12 bits per heavy atom. The van der Waals surface area contributed by atoms with Crippen molar-refractivity contribution in [2.75, 3.05) is 0 Å². The first-order valence-electron chi connectivity index (χ1n) is 7.38. The van der Waals surface area contributed by atoms with Gasteiger partial charge in [0.15, 0.2) is 0 Å². The van der Waals surface area contributed by atoms with Gasteiger partial charge in [0.2, 0.25) is 5.88 Å². The molecule has 8 heteroatoms. The Hall–Kier alpha value is -3.13. The Kier molecular flexibility index (Phi) is 4.30. The number of hydrogen-bond acceptors (Lipinski definition) is 6. The molecule has 2 heterocycles. The second-order valence-electron chi connectivity index (χ2n) is 5.44. The van der Waals surface area contributed by atoms with E-state index in [0.29, 0.717) is 29.7 Å². The number of hydrogen-bond donors (Lipinski definition) is 2. The lowest BCUT2D eigenvalue weighted by Crippen LogP contribution is -2.28. The minimum Gasteiger partial charge on any atom is -0.439 e. The van der Waals surface area contributed by atoms with Gasteiger partial charge in [-0.05, 0) is 31.2 Å². The fourth-order valence-corrected chi connectivity index (χ4v) is 2.37. The number of nitrogens with two attached hydrogens (primary N) is 2. The molecule has 0 aliphatic carbocycles. The zero-order valence-corrected chi connectivity index (χ0v) is 13.5. The predicted octanol–water partition coefficient (Wildman–Crippen LogP) is 1.73. The molecule has 3 aromatic rings. The van der Waals surface area contributed by atoms with Crippen LogP contribution >= 0.6 is 0 Å². The molecule has 0 unspecified atom stereocenters. The van der Waals surface area contributed by atoms with E-state index in [2.05, 4.69) is 19.6 Å². The molecule has 24 heavy (non-hydrogen) atoms. The molecule has 0 aliphatic rings. The molecule has 2 aromatic heterocycles. The highest BCUT2D eigenvalue weighted by atomic mass is 16.5. The largest absolute Gasteiger partial charge is 0.439 e. The average Bonchev–Trinajstić information content (AvgIpc) is 2.87. The molecule has 124 valence electrons. The van der Waals surface area contributed by atoms with Crippen molar-refractivity contribution in [2.24, 2.45) is 23.7 Å². The van der Waals surface area contributed by atoms with E-state index >= 15 is 0 Å². The smallest absolute Gasteiger partial charge is 0.222 e. The van der Waals surface area contributed by atoms with Gasteiger partial charge in [-0.2, -0.15) is 0 Å². The molecule has 1 aromatic carbocycles. The van der Waals surface area contributed by atoms with Crippen LogP contribution in [-0.4, -0.2) is 25.5 Å². The van der Waals surface area contributed by atoms with Gasteiger partial charge in [-0.15, -0.1) is 5.10 Å². The lowest BCUT2D eigenvalue weighted by atomic mass is 10.2. The molecule has 0 aliphatic heterocycles. The highest BCUT2D eigenvalue weighted by molar-refractivity contribution is 5.81. The monoisotopic (exact) mass is 325 g/mol. The second kappa shape index (κ2) is 6.55. The van der Waals surface area contributed by atoms with Crippen LogP contribution in [0.4, 0.5) is 0 Å². The number of fused-ring (bicyclic) bond motifs is 1. The van der Waals surface area contributed by atoms with Gasteiger partial charge in [0, 0.05) is 30.2 Å². The van der Waals surface area contributed by atoms with Gasteiger partial charge in [0.05, 0.1) is 12.2 Å². The molecular formula is C16H19N7O. The summed E-state index contributed by atoms with van der Waals surface area (Å²) in [5, 5.41) is 6.25. The quantitative estimate of drug-likeness (QED) is 0.320. The fraction of sp³-hybridized carbons (Fsp3) is 0.188. The molecule has 0 fully saturated rings. The van der Waals surface area contributed by atoms with Gasteiger partial charge in [0.1, 0.15) is 17.9 Å². The van der Waals surface area contributed by atoms with Gasteiger partial charge in [0.25, 0.3) is 0 Å². The predicted molar refractivity (Wildman–Crippen MR) is 92.1 cm³/mol. The van der Waals surface area contributed by atoms with Crippen molar-refractivity contribution in [3.05, 3.63) is 48.5 Å². The van der Waals surface area contributed by atoms with E-state index in [1.54, 1.807) is 13.0 Å². The maximum absolute atomic E-state index is 5.82. The van der Waals surface area contributed by atoms with Crippen molar-refractivity contribution < 1.29 is 4.74 Å². The number of hydrazone groups is 1. The summed E-state index contributed by atoms with van der Waals surface area (Å²) in [6.07, 6.45) is 3.44. The summed E-state index contributed by atoms with van der Waals surface area (Å²) in [5.41, 5.74) is 7.31. The normalized spacial score (nSPS) is 11.7. The Bertz CT molecular complexity index is 883. The Labute approximate surface area is 139 Å². The first-order chi connectivity index (χ1) is 11.5. The summed E-state index contributed by atoms with van der Waals surface area (Å²) in [6, 6.07) is 9.63. The number of aryl methyl sites for hydroxylation is 1. The Morgan fingerprint density at radius 3 is 2.92 bits per heavy atom. The summed E-state index contributed by atoms with van der Waals surface area (Å²) >= 11 is 0. The van der Waals surface area contributed by atoms with Crippen LogP contribution in [0, 0.1) is 0 Å². The summed E-state index contributed by atoms with van der Waals surface area (Å²) in [6.45, 7) is 1.96. The lowest BCUT2D eigenvalue weighted by Gasteiger charge is -2.12. The van der Waals surface area contributed by atoms with Crippen LogP contribution in [0.15, 0.2) is 48.0 Å². The van der Waals surface area contributed by atoms with E-state index in [4.69, 9.17) is 16.3 Å². The zero-order valence-electron chi connectivity index (χ0n) is 13.5. The van der Waals surface area contributed by atoms with Crippen molar-refractivity contribution in [2.45, 2.75) is 13.5 Å². The summed E-state index contributed by atoms with van der Waals surface area (Å²) in [5.74, 6) is 7.26. The zero-order chi connectivity index (χ0) is 17.1. The van der Waals surface area contributed by atoms with Gasteiger partial charge in [-0.1, -0.05) is 0 Å². The van der Waals surface area contributed by atoms with Crippen molar-refractivity contribution in [3.8, 4) is 11.6 Å². The van der Waals surface area contributed by atoms with E-state index in [1.807, 2.05) is 37.5 Å². The Balaban J connectivity index is 1.76. The number of amidine groups is 1. The van der Waals surface area contributed by atoms with Crippen molar-refractivity contribution in [1.82, 2.24) is 19.7 Å². The third-order valence-electron chi connectivity index (χ3n) is 3.39. The number of aromatic nitrogens is 3. The summed E-state index contributed by atoms with van der Waals surface area (Å²) in [7, 11) is 2.00. The SMILES string of the molecule is C/C(N)=N/N(N)Cc1cc(Oc2ccc3c(ccn3C)c2)ncn1. The number of hydrazine groups is 1.